The molecule has 0 spiro atoms. The van der Waals surface area contributed by atoms with E-state index in [1.165, 1.54) is 34.8 Å². The van der Waals surface area contributed by atoms with Crippen molar-refractivity contribution in [2.75, 3.05) is 26.2 Å². The minimum atomic E-state index is -3.52. The van der Waals surface area contributed by atoms with Crippen molar-refractivity contribution in [2.24, 2.45) is 5.92 Å². The van der Waals surface area contributed by atoms with Crippen LogP contribution in [-0.4, -0.2) is 49.7 Å². The Morgan fingerprint density at radius 1 is 0.969 bits per heavy atom. The van der Waals surface area contributed by atoms with E-state index in [9.17, 15) is 13.2 Å². The van der Waals surface area contributed by atoms with Crippen molar-refractivity contribution in [3.05, 3.63) is 65.2 Å². The Morgan fingerprint density at radius 2 is 1.53 bits per heavy atom. The second-order valence-electron chi connectivity index (χ2n) is 8.57. The molecule has 1 aliphatic rings. The van der Waals surface area contributed by atoms with Crippen LogP contribution in [0.2, 0.25) is 0 Å². The summed E-state index contributed by atoms with van der Waals surface area (Å²) in [6.07, 6.45) is 2.54. The lowest BCUT2D eigenvalue weighted by atomic mass is 9.99. The van der Waals surface area contributed by atoms with Gasteiger partial charge in [0, 0.05) is 31.7 Å². The van der Waals surface area contributed by atoms with Gasteiger partial charge in [0.2, 0.25) is 10.0 Å². The van der Waals surface area contributed by atoms with Gasteiger partial charge in [-0.05, 0) is 67.2 Å². The zero-order chi connectivity index (χ0) is 23.1. The van der Waals surface area contributed by atoms with E-state index in [4.69, 9.17) is 0 Å². The van der Waals surface area contributed by atoms with Crippen molar-refractivity contribution in [3.8, 4) is 0 Å². The van der Waals surface area contributed by atoms with Crippen LogP contribution in [0.5, 0.6) is 0 Å². The lowest BCUT2D eigenvalue weighted by Crippen LogP contribution is -2.32. The van der Waals surface area contributed by atoms with Crippen LogP contribution < -0.4 is 5.32 Å². The molecule has 2 aromatic carbocycles. The van der Waals surface area contributed by atoms with E-state index in [0.29, 0.717) is 25.2 Å². The number of nitrogens with zero attached hydrogens (tertiary/aromatic N) is 2. The number of rotatable bonds is 9. The smallest absolute Gasteiger partial charge is 0.251 e. The SMILES string of the molecule is CCN(CC)S(=O)(=O)c1ccc(C(=O)NCc2ccc(CN3CCC(C)CC3)cc2)cc1. The molecule has 0 unspecified atom stereocenters. The summed E-state index contributed by atoms with van der Waals surface area (Å²) >= 11 is 0. The predicted molar refractivity (Wildman–Crippen MR) is 128 cm³/mol. The van der Waals surface area contributed by atoms with Gasteiger partial charge in [-0.25, -0.2) is 8.42 Å². The molecular formula is C25H35N3O3S. The number of hydrogen-bond donors (Lipinski definition) is 1. The van der Waals surface area contributed by atoms with Crippen LogP contribution in [0.3, 0.4) is 0 Å². The molecule has 0 saturated carbocycles. The Balaban J connectivity index is 1.53. The number of piperidine rings is 1. The summed E-state index contributed by atoms with van der Waals surface area (Å²) < 4.78 is 26.6. The Bertz CT molecular complexity index is 976. The van der Waals surface area contributed by atoms with E-state index < -0.39 is 10.0 Å². The molecule has 32 heavy (non-hydrogen) atoms. The first-order valence-corrected chi connectivity index (χ1v) is 13.0. The molecule has 1 heterocycles. The predicted octanol–water partition coefficient (Wildman–Crippen LogP) is 3.88. The molecule has 2 aromatic rings. The summed E-state index contributed by atoms with van der Waals surface area (Å²) in [5, 5.41) is 2.92. The zero-order valence-corrected chi connectivity index (χ0v) is 20.2. The molecule has 6 nitrogen and oxygen atoms in total. The molecule has 1 fully saturated rings. The Labute approximate surface area is 192 Å². The highest BCUT2D eigenvalue weighted by molar-refractivity contribution is 7.89. The van der Waals surface area contributed by atoms with Crippen molar-refractivity contribution >= 4 is 15.9 Å². The summed E-state index contributed by atoms with van der Waals surface area (Å²) in [7, 11) is -3.52. The highest BCUT2D eigenvalue weighted by atomic mass is 32.2. The summed E-state index contributed by atoms with van der Waals surface area (Å²) in [5.74, 6) is 0.614. The van der Waals surface area contributed by atoms with Gasteiger partial charge < -0.3 is 5.32 Å². The maximum Gasteiger partial charge on any atom is 0.251 e. The molecule has 1 saturated heterocycles. The number of carbonyl (C=O) groups excluding carboxylic acids is 1. The second kappa shape index (κ2) is 11.1. The fraction of sp³-hybridized carbons (Fsp3) is 0.480. The number of carbonyl (C=O) groups is 1. The molecule has 1 amide bonds. The van der Waals surface area contributed by atoms with E-state index in [0.717, 1.165) is 31.1 Å². The standard InChI is InChI=1S/C25H35N3O3S/c1-4-28(5-2)32(30,31)24-12-10-23(11-13-24)25(29)26-18-21-6-8-22(9-7-21)19-27-16-14-20(3)15-17-27/h6-13,20H,4-5,14-19H2,1-3H3,(H,26,29). The molecule has 7 heteroatoms. The van der Waals surface area contributed by atoms with Gasteiger partial charge in [-0.15, -0.1) is 0 Å². The molecule has 1 N–H and O–H groups in total. The van der Waals surface area contributed by atoms with Crippen LogP contribution in [0.1, 0.15) is 55.1 Å². The topological polar surface area (TPSA) is 69.7 Å². The summed E-state index contributed by atoms with van der Waals surface area (Å²) in [6, 6.07) is 14.5. The quantitative estimate of drug-likeness (QED) is 0.620. The van der Waals surface area contributed by atoms with Crippen molar-refractivity contribution < 1.29 is 13.2 Å². The van der Waals surface area contributed by atoms with Gasteiger partial charge >= 0.3 is 0 Å². The molecular weight excluding hydrogens is 422 g/mol. The van der Waals surface area contributed by atoms with Crippen LogP contribution in [0.15, 0.2) is 53.4 Å². The monoisotopic (exact) mass is 457 g/mol. The number of sulfonamides is 1. The highest BCUT2D eigenvalue weighted by Gasteiger charge is 2.21. The second-order valence-corrected chi connectivity index (χ2v) is 10.5. The van der Waals surface area contributed by atoms with E-state index in [-0.39, 0.29) is 10.8 Å². The molecule has 1 aliphatic heterocycles. The van der Waals surface area contributed by atoms with E-state index in [1.807, 2.05) is 13.8 Å². The molecule has 174 valence electrons. The van der Waals surface area contributed by atoms with Crippen LogP contribution >= 0.6 is 0 Å². The molecule has 0 aliphatic carbocycles. The van der Waals surface area contributed by atoms with Gasteiger partial charge in [0.15, 0.2) is 0 Å². The average Bonchev–Trinajstić information content (AvgIpc) is 2.80. The maximum atomic E-state index is 12.6. The normalized spacial score (nSPS) is 15.8. The highest BCUT2D eigenvalue weighted by Crippen LogP contribution is 2.19. The Kier molecular flexibility index (Phi) is 8.45. The van der Waals surface area contributed by atoms with Crippen molar-refractivity contribution in [3.63, 3.8) is 0 Å². The van der Waals surface area contributed by atoms with E-state index in [1.54, 1.807) is 12.1 Å². The summed E-state index contributed by atoms with van der Waals surface area (Å²) in [5.41, 5.74) is 2.77. The lowest BCUT2D eigenvalue weighted by molar-refractivity contribution is 0.0951. The maximum absolute atomic E-state index is 12.6. The average molecular weight is 458 g/mol. The Morgan fingerprint density at radius 3 is 2.09 bits per heavy atom. The fourth-order valence-corrected chi connectivity index (χ4v) is 5.47. The number of hydrogen-bond acceptors (Lipinski definition) is 4. The molecule has 0 bridgehead atoms. The number of likely N-dealkylation sites (tertiary alicyclic amines) is 1. The third-order valence-electron chi connectivity index (χ3n) is 6.22. The third-order valence-corrected chi connectivity index (χ3v) is 8.28. The number of benzene rings is 2. The van der Waals surface area contributed by atoms with Gasteiger partial charge in [0.25, 0.3) is 5.91 Å². The largest absolute Gasteiger partial charge is 0.348 e. The Hall–Kier alpha value is -2.22. The van der Waals surface area contributed by atoms with Gasteiger partial charge in [0.1, 0.15) is 0 Å². The first-order valence-electron chi connectivity index (χ1n) is 11.5. The fourth-order valence-electron chi connectivity index (χ4n) is 4.02. The van der Waals surface area contributed by atoms with Gasteiger partial charge in [0.05, 0.1) is 4.90 Å². The first-order chi connectivity index (χ1) is 15.3. The van der Waals surface area contributed by atoms with Crippen molar-refractivity contribution in [2.45, 2.75) is 51.6 Å². The van der Waals surface area contributed by atoms with Crippen LogP contribution in [-0.2, 0) is 23.1 Å². The molecule has 0 aromatic heterocycles. The van der Waals surface area contributed by atoms with Crippen LogP contribution in [0, 0.1) is 5.92 Å². The summed E-state index contributed by atoms with van der Waals surface area (Å²) in [4.78, 5) is 15.2. The number of amides is 1. The zero-order valence-electron chi connectivity index (χ0n) is 19.4. The molecule has 0 atom stereocenters. The minimum absolute atomic E-state index is 0.205. The molecule has 0 radical (unpaired) electrons. The van der Waals surface area contributed by atoms with E-state index in [2.05, 4.69) is 41.4 Å². The van der Waals surface area contributed by atoms with Crippen LogP contribution in [0.25, 0.3) is 0 Å². The summed E-state index contributed by atoms with van der Waals surface area (Å²) in [6.45, 7) is 10.5. The third kappa shape index (κ3) is 6.18. The lowest BCUT2D eigenvalue weighted by Gasteiger charge is -2.30. The minimum Gasteiger partial charge on any atom is -0.348 e. The van der Waals surface area contributed by atoms with Crippen molar-refractivity contribution in [1.29, 1.82) is 0 Å². The molecule has 3 rings (SSSR count). The van der Waals surface area contributed by atoms with Crippen LogP contribution in [0.4, 0.5) is 0 Å². The first kappa shape index (κ1) is 24.4. The van der Waals surface area contributed by atoms with Crippen molar-refractivity contribution in [1.82, 2.24) is 14.5 Å². The van der Waals surface area contributed by atoms with Gasteiger partial charge in [-0.2, -0.15) is 4.31 Å². The van der Waals surface area contributed by atoms with Gasteiger partial charge in [-0.1, -0.05) is 45.0 Å². The number of nitrogens with one attached hydrogen (secondary N) is 1. The van der Waals surface area contributed by atoms with Gasteiger partial charge in [-0.3, -0.25) is 9.69 Å². The van der Waals surface area contributed by atoms with E-state index >= 15 is 0 Å².